The van der Waals surface area contributed by atoms with Crippen LogP contribution in [-0.4, -0.2) is 85.5 Å². The van der Waals surface area contributed by atoms with Gasteiger partial charge in [0.15, 0.2) is 0 Å². The fourth-order valence-corrected chi connectivity index (χ4v) is 3.46. The van der Waals surface area contributed by atoms with Crippen molar-refractivity contribution < 1.29 is 14.3 Å². The van der Waals surface area contributed by atoms with Crippen LogP contribution < -0.4 is 0 Å². The van der Waals surface area contributed by atoms with E-state index in [-0.39, 0.29) is 11.8 Å². The number of ether oxygens (including phenoxy) is 1. The van der Waals surface area contributed by atoms with Crippen LogP contribution in [0.25, 0.3) is 0 Å². The third-order valence-corrected chi connectivity index (χ3v) is 4.97. The quantitative estimate of drug-likeness (QED) is 0.806. The molecular weight excluding hydrogens is 302 g/mol. The molecule has 1 aromatic rings. The van der Waals surface area contributed by atoms with Crippen LogP contribution >= 0.6 is 11.3 Å². The predicted octanol–water partition coefficient (Wildman–Crippen LogP) is 0.365. The zero-order valence-corrected chi connectivity index (χ0v) is 13.4. The van der Waals surface area contributed by atoms with Crippen LogP contribution in [0.2, 0.25) is 0 Å². The van der Waals surface area contributed by atoms with Gasteiger partial charge in [0.05, 0.1) is 24.6 Å². The fourth-order valence-electron chi connectivity index (χ4n) is 2.77. The maximum absolute atomic E-state index is 12.3. The highest BCUT2D eigenvalue weighted by atomic mass is 32.1. The largest absolute Gasteiger partial charge is 0.379 e. The summed E-state index contributed by atoms with van der Waals surface area (Å²) in [4.78, 5) is 31.2. The lowest BCUT2D eigenvalue weighted by molar-refractivity contribution is -0.134. The van der Waals surface area contributed by atoms with E-state index in [1.165, 1.54) is 11.3 Å². The highest BCUT2D eigenvalue weighted by molar-refractivity contribution is 7.12. The van der Waals surface area contributed by atoms with Crippen molar-refractivity contribution in [1.29, 1.82) is 0 Å². The van der Waals surface area contributed by atoms with Crippen molar-refractivity contribution in [3.05, 3.63) is 22.4 Å². The second kappa shape index (κ2) is 7.21. The number of thiophene rings is 1. The zero-order valence-electron chi connectivity index (χ0n) is 12.6. The fraction of sp³-hybridized carbons (Fsp3) is 0.600. The second-order valence-corrected chi connectivity index (χ2v) is 6.49. The average molecular weight is 323 g/mol. The number of amides is 2. The number of hydrogen-bond donors (Lipinski definition) is 0. The number of rotatable bonds is 3. The van der Waals surface area contributed by atoms with E-state index < -0.39 is 0 Å². The number of carbonyl (C=O) groups excluding carboxylic acids is 2. The first kappa shape index (κ1) is 15.5. The lowest BCUT2D eigenvalue weighted by Gasteiger charge is -2.36. The highest BCUT2D eigenvalue weighted by Gasteiger charge is 2.26. The van der Waals surface area contributed by atoms with Gasteiger partial charge in [0.25, 0.3) is 5.91 Å². The monoisotopic (exact) mass is 323 g/mol. The van der Waals surface area contributed by atoms with E-state index in [9.17, 15) is 9.59 Å². The molecule has 0 aliphatic carbocycles. The Bertz CT molecular complexity index is 506. The van der Waals surface area contributed by atoms with Crippen LogP contribution in [0.3, 0.4) is 0 Å². The standard InChI is InChI=1S/C15H21N3O3S/c19-14(12-16-7-9-21-10-8-16)17-3-5-18(6-4-17)15(20)13-2-1-11-22-13/h1-2,11H,3-10,12H2. The Morgan fingerprint density at radius 2 is 1.73 bits per heavy atom. The van der Waals surface area contributed by atoms with E-state index in [1.807, 2.05) is 27.3 Å². The maximum Gasteiger partial charge on any atom is 0.264 e. The minimum atomic E-state index is 0.0790. The number of nitrogens with zero attached hydrogens (tertiary/aromatic N) is 3. The topological polar surface area (TPSA) is 53.1 Å². The molecular formula is C15H21N3O3S. The van der Waals surface area contributed by atoms with Crippen molar-refractivity contribution in [3.63, 3.8) is 0 Å². The first-order chi connectivity index (χ1) is 10.7. The summed E-state index contributed by atoms with van der Waals surface area (Å²) in [6.45, 7) is 6.00. The van der Waals surface area contributed by atoms with Gasteiger partial charge in [-0.25, -0.2) is 0 Å². The Kier molecular flexibility index (Phi) is 5.07. The minimum absolute atomic E-state index is 0.0790. The summed E-state index contributed by atoms with van der Waals surface area (Å²) in [6, 6.07) is 3.74. The van der Waals surface area contributed by atoms with Crippen molar-refractivity contribution in [2.45, 2.75) is 0 Å². The Labute approximate surface area is 134 Å². The molecule has 1 aromatic heterocycles. The molecule has 0 saturated carbocycles. The third kappa shape index (κ3) is 3.66. The Balaban J connectivity index is 1.46. The molecule has 0 spiro atoms. The number of carbonyl (C=O) groups is 2. The molecule has 2 saturated heterocycles. The summed E-state index contributed by atoms with van der Waals surface area (Å²) < 4.78 is 5.29. The normalized spacial score (nSPS) is 20.2. The minimum Gasteiger partial charge on any atom is -0.379 e. The van der Waals surface area contributed by atoms with E-state index >= 15 is 0 Å². The van der Waals surface area contributed by atoms with Gasteiger partial charge in [-0.3, -0.25) is 14.5 Å². The van der Waals surface area contributed by atoms with E-state index in [4.69, 9.17) is 4.74 Å². The molecule has 3 rings (SSSR count). The van der Waals surface area contributed by atoms with Crippen molar-refractivity contribution in [2.75, 3.05) is 59.0 Å². The Hall–Kier alpha value is -1.44. The SMILES string of the molecule is O=C(CN1CCOCC1)N1CCN(C(=O)c2cccs2)CC1. The van der Waals surface area contributed by atoms with Gasteiger partial charge in [-0.1, -0.05) is 6.07 Å². The number of hydrogen-bond acceptors (Lipinski definition) is 5. The lowest BCUT2D eigenvalue weighted by atomic mass is 10.2. The zero-order chi connectivity index (χ0) is 15.4. The molecule has 120 valence electrons. The molecule has 2 aliphatic heterocycles. The molecule has 0 bridgehead atoms. The molecule has 6 nitrogen and oxygen atoms in total. The first-order valence-corrected chi connectivity index (χ1v) is 8.52. The summed E-state index contributed by atoms with van der Waals surface area (Å²) in [7, 11) is 0. The molecule has 7 heteroatoms. The van der Waals surface area contributed by atoms with Gasteiger partial charge in [-0.05, 0) is 11.4 Å². The molecule has 0 unspecified atom stereocenters. The van der Waals surface area contributed by atoms with Crippen LogP contribution in [-0.2, 0) is 9.53 Å². The van der Waals surface area contributed by atoms with Crippen molar-refractivity contribution in [1.82, 2.24) is 14.7 Å². The lowest BCUT2D eigenvalue weighted by Crippen LogP contribution is -2.53. The van der Waals surface area contributed by atoms with Crippen molar-refractivity contribution in [2.24, 2.45) is 0 Å². The van der Waals surface area contributed by atoms with E-state index in [0.717, 1.165) is 18.0 Å². The van der Waals surface area contributed by atoms with E-state index in [2.05, 4.69) is 4.90 Å². The molecule has 0 aromatic carbocycles. The summed E-state index contributed by atoms with van der Waals surface area (Å²) in [5.41, 5.74) is 0. The molecule has 2 amide bonds. The van der Waals surface area contributed by atoms with Crippen LogP contribution in [0, 0.1) is 0 Å². The van der Waals surface area contributed by atoms with Gasteiger partial charge < -0.3 is 14.5 Å². The number of piperazine rings is 1. The predicted molar refractivity (Wildman–Crippen MR) is 84.1 cm³/mol. The Morgan fingerprint density at radius 3 is 2.36 bits per heavy atom. The van der Waals surface area contributed by atoms with Gasteiger partial charge in [-0.2, -0.15) is 0 Å². The summed E-state index contributed by atoms with van der Waals surface area (Å²) in [5, 5.41) is 1.91. The molecule has 22 heavy (non-hydrogen) atoms. The Morgan fingerprint density at radius 1 is 1.05 bits per heavy atom. The summed E-state index contributed by atoms with van der Waals surface area (Å²) in [5.74, 6) is 0.236. The maximum atomic E-state index is 12.3. The van der Waals surface area contributed by atoms with Crippen LogP contribution in [0.1, 0.15) is 9.67 Å². The van der Waals surface area contributed by atoms with Gasteiger partial charge >= 0.3 is 0 Å². The summed E-state index contributed by atoms with van der Waals surface area (Å²) >= 11 is 1.46. The molecule has 0 radical (unpaired) electrons. The molecule has 2 fully saturated rings. The van der Waals surface area contributed by atoms with Crippen molar-refractivity contribution in [3.8, 4) is 0 Å². The van der Waals surface area contributed by atoms with Crippen molar-refractivity contribution >= 4 is 23.2 Å². The molecule has 3 heterocycles. The van der Waals surface area contributed by atoms with Gasteiger partial charge in [0, 0.05) is 39.3 Å². The van der Waals surface area contributed by atoms with Gasteiger partial charge in [0.1, 0.15) is 0 Å². The third-order valence-electron chi connectivity index (χ3n) is 4.11. The first-order valence-electron chi connectivity index (χ1n) is 7.65. The number of morpholine rings is 1. The van der Waals surface area contributed by atoms with E-state index in [0.29, 0.717) is 45.9 Å². The van der Waals surface area contributed by atoms with E-state index in [1.54, 1.807) is 0 Å². The van der Waals surface area contributed by atoms with Crippen LogP contribution in [0.4, 0.5) is 0 Å². The second-order valence-electron chi connectivity index (χ2n) is 5.54. The molecule has 0 atom stereocenters. The highest BCUT2D eigenvalue weighted by Crippen LogP contribution is 2.14. The van der Waals surface area contributed by atoms with Gasteiger partial charge in [0.2, 0.25) is 5.91 Å². The molecule has 0 N–H and O–H groups in total. The molecule has 2 aliphatic rings. The van der Waals surface area contributed by atoms with Crippen LogP contribution in [0.15, 0.2) is 17.5 Å². The summed E-state index contributed by atoms with van der Waals surface area (Å²) in [6.07, 6.45) is 0. The average Bonchev–Trinajstić information content (AvgIpc) is 3.10. The smallest absolute Gasteiger partial charge is 0.264 e. The van der Waals surface area contributed by atoms with Crippen LogP contribution in [0.5, 0.6) is 0 Å². The van der Waals surface area contributed by atoms with Gasteiger partial charge in [-0.15, -0.1) is 11.3 Å².